The van der Waals surface area contributed by atoms with Crippen molar-refractivity contribution < 1.29 is 19.4 Å². The molecule has 1 aromatic rings. The van der Waals surface area contributed by atoms with Gasteiger partial charge in [0.1, 0.15) is 23.0 Å². The number of carboxylic acid groups (broad SMARTS) is 1. The fourth-order valence-corrected chi connectivity index (χ4v) is 5.59. The summed E-state index contributed by atoms with van der Waals surface area (Å²) in [6.45, 7) is 3.62. The van der Waals surface area contributed by atoms with E-state index in [1.807, 2.05) is 0 Å². The summed E-state index contributed by atoms with van der Waals surface area (Å²) in [5, 5.41) is 9.57. The van der Waals surface area contributed by atoms with Gasteiger partial charge in [-0.15, -0.1) is 0 Å². The third-order valence-corrected chi connectivity index (χ3v) is 7.41. The average molecular weight is 456 g/mol. The van der Waals surface area contributed by atoms with Crippen molar-refractivity contribution in [2.75, 3.05) is 57.8 Å². The summed E-state index contributed by atoms with van der Waals surface area (Å²) in [6, 6.07) is -0.124. The van der Waals surface area contributed by atoms with Crippen molar-refractivity contribution in [1.82, 2.24) is 19.7 Å². The number of likely N-dealkylation sites (tertiary alicyclic amines) is 1. The van der Waals surface area contributed by atoms with Gasteiger partial charge in [-0.05, 0) is 19.4 Å². The first kappa shape index (κ1) is 20.0. The van der Waals surface area contributed by atoms with Crippen LogP contribution in [0.4, 0.5) is 10.6 Å². The van der Waals surface area contributed by atoms with E-state index in [-0.39, 0.29) is 53.6 Å². The molecule has 2 amide bonds. The summed E-state index contributed by atoms with van der Waals surface area (Å²) in [4.78, 5) is 37.0. The summed E-state index contributed by atoms with van der Waals surface area (Å²) in [5.74, 6) is 1.07. The number of ether oxygens (including phenoxy) is 1. The van der Waals surface area contributed by atoms with E-state index in [1.54, 1.807) is 4.90 Å². The van der Waals surface area contributed by atoms with Gasteiger partial charge in [-0.1, -0.05) is 23.2 Å². The number of amides is 2. The Hall–Kier alpha value is -1.97. The second kappa shape index (κ2) is 7.32. The standard InChI is InChI=1S/C19H23Cl2N5O4/c1-23-6-10-2-3-26(12(10)8-23)17-13-15(14(20)16(21)22-17)30-9-11-7-24(19(28)29)4-5-25(11)18(13)27/h10-12H,2-9H2,1H3,(H,28,29)/t10?,11-,12?/m1/s1. The number of rotatable bonds is 1. The lowest BCUT2D eigenvalue weighted by molar-refractivity contribution is 0.0390. The fourth-order valence-electron chi connectivity index (χ4n) is 5.24. The number of carbonyl (C=O) groups excluding carboxylic acids is 1. The van der Waals surface area contributed by atoms with Crippen molar-refractivity contribution in [3.63, 3.8) is 0 Å². The monoisotopic (exact) mass is 455 g/mol. The van der Waals surface area contributed by atoms with Crippen molar-refractivity contribution in [2.24, 2.45) is 5.92 Å². The van der Waals surface area contributed by atoms with Crippen molar-refractivity contribution >= 4 is 41.0 Å². The van der Waals surface area contributed by atoms with Gasteiger partial charge in [0, 0.05) is 45.3 Å². The highest BCUT2D eigenvalue weighted by molar-refractivity contribution is 6.42. The first-order chi connectivity index (χ1) is 14.3. The highest BCUT2D eigenvalue weighted by atomic mass is 35.5. The maximum atomic E-state index is 13.6. The molecule has 0 bridgehead atoms. The van der Waals surface area contributed by atoms with Gasteiger partial charge in [0.05, 0.1) is 6.04 Å². The quantitative estimate of drug-likeness (QED) is 0.644. The van der Waals surface area contributed by atoms with Gasteiger partial charge in [-0.25, -0.2) is 9.78 Å². The van der Waals surface area contributed by atoms with Crippen LogP contribution in [0.25, 0.3) is 0 Å². The molecule has 3 atom stereocenters. The number of carbonyl (C=O) groups is 2. The van der Waals surface area contributed by atoms with Gasteiger partial charge >= 0.3 is 6.09 Å². The Morgan fingerprint density at radius 2 is 1.97 bits per heavy atom. The van der Waals surface area contributed by atoms with Crippen LogP contribution in [0.3, 0.4) is 0 Å². The number of piperazine rings is 1. The number of aromatic nitrogens is 1. The summed E-state index contributed by atoms with van der Waals surface area (Å²) in [5.41, 5.74) is 0.339. The van der Waals surface area contributed by atoms with E-state index >= 15 is 0 Å². The summed E-state index contributed by atoms with van der Waals surface area (Å²) in [7, 11) is 2.10. The van der Waals surface area contributed by atoms with Crippen LogP contribution in [0.15, 0.2) is 0 Å². The molecular weight excluding hydrogens is 433 g/mol. The van der Waals surface area contributed by atoms with E-state index < -0.39 is 6.09 Å². The number of likely N-dealkylation sites (N-methyl/N-ethyl adjacent to an activating group) is 1. The van der Waals surface area contributed by atoms with Crippen LogP contribution in [0, 0.1) is 5.92 Å². The summed E-state index contributed by atoms with van der Waals surface area (Å²) in [6.07, 6.45) is 0.0291. The zero-order valence-electron chi connectivity index (χ0n) is 16.6. The van der Waals surface area contributed by atoms with Crippen LogP contribution >= 0.6 is 23.2 Å². The second-order valence-electron chi connectivity index (χ2n) is 8.47. The molecule has 0 aliphatic carbocycles. The van der Waals surface area contributed by atoms with Crippen LogP contribution in [-0.2, 0) is 0 Å². The molecule has 5 heterocycles. The van der Waals surface area contributed by atoms with Crippen molar-refractivity contribution in [2.45, 2.75) is 18.5 Å². The van der Waals surface area contributed by atoms with E-state index in [1.165, 1.54) is 4.90 Å². The highest BCUT2D eigenvalue weighted by Crippen LogP contribution is 2.44. The van der Waals surface area contributed by atoms with E-state index in [0.717, 1.165) is 26.1 Å². The lowest BCUT2D eigenvalue weighted by Gasteiger charge is -2.38. The van der Waals surface area contributed by atoms with Crippen LogP contribution in [0.2, 0.25) is 10.2 Å². The van der Waals surface area contributed by atoms with Crippen molar-refractivity contribution in [3.8, 4) is 5.75 Å². The van der Waals surface area contributed by atoms with Gasteiger partial charge in [0.2, 0.25) is 0 Å². The normalized spacial score (nSPS) is 28.7. The lowest BCUT2D eigenvalue weighted by Crippen LogP contribution is -2.57. The lowest BCUT2D eigenvalue weighted by atomic mass is 10.0. The van der Waals surface area contributed by atoms with Crippen molar-refractivity contribution in [3.05, 3.63) is 15.7 Å². The Kier molecular flexibility index (Phi) is 4.87. The number of anilines is 1. The third-order valence-electron chi connectivity index (χ3n) is 6.69. The molecule has 11 heteroatoms. The van der Waals surface area contributed by atoms with Gasteiger partial charge < -0.3 is 29.4 Å². The molecule has 30 heavy (non-hydrogen) atoms. The number of pyridine rings is 1. The SMILES string of the molecule is CN1CC2CCN(c3nc(Cl)c(Cl)c4c3C(=O)N3CCN(C(=O)O)C[C@@H]3CO4)C2C1. The maximum Gasteiger partial charge on any atom is 0.407 e. The van der Waals surface area contributed by atoms with E-state index in [9.17, 15) is 14.7 Å². The predicted molar refractivity (Wildman–Crippen MR) is 111 cm³/mol. The molecular formula is C19H23Cl2N5O4. The Morgan fingerprint density at radius 1 is 1.17 bits per heavy atom. The molecule has 4 aliphatic rings. The van der Waals surface area contributed by atoms with E-state index in [0.29, 0.717) is 23.8 Å². The number of hydrogen-bond acceptors (Lipinski definition) is 6. The number of halogens is 2. The molecule has 0 radical (unpaired) electrons. The zero-order valence-corrected chi connectivity index (χ0v) is 18.1. The fraction of sp³-hybridized carbons (Fsp3) is 0.632. The predicted octanol–water partition coefficient (Wildman–Crippen LogP) is 1.73. The largest absolute Gasteiger partial charge is 0.489 e. The topological polar surface area (TPSA) is 89.5 Å². The van der Waals surface area contributed by atoms with Gasteiger partial charge in [-0.3, -0.25) is 4.79 Å². The third kappa shape index (κ3) is 3.06. The van der Waals surface area contributed by atoms with E-state index in [4.69, 9.17) is 27.9 Å². The minimum absolute atomic E-state index is 0.111. The first-order valence-corrected chi connectivity index (χ1v) is 10.9. The van der Waals surface area contributed by atoms with Gasteiger partial charge in [0.25, 0.3) is 5.91 Å². The Balaban J connectivity index is 1.55. The van der Waals surface area contributed by atoms with Crippen LogP contribution < -0.4 is 9.64 Å². The molecule has 0 saturated carbocycles. The minimum Gasteiger partial charge on any atom is -0.489 e. The molecule has 9 nitrogen and oxygen atoms in total. The van der Waals surface area contributed by atoms with Crippen molar-refractivity contribution in [1.29, 1.82) is 0 Å². The van der Waals surface area contributed by atoms with Crippen LogP contribution in [0.5, 0.6) is 5.75 Å². The molecule has 3 saturated heterocycles. The van der Waals surface area contributed by atoms with Crippen LogP contribution in [-0.4, -0.2) is 102 Å². The summed E-state index contributed by atoms with van der Waals surface area (Å²) < 4.78 is 5.99. The Labute approximate surface area is 184 Å². The molecule has 162 valence electrons. The average Bonchev–Trinajstić information content (AvgIpc) is 3.22. The van der Waals surface area contributed by atoms with Gasteiger partial charge in [0.15, 0.2) is 10.9 Å². The van der Waals surface area contributed by atoms with Gasteiger partial charge in [-0.2, -0.15) is 0 Å². The number of hydrogen-bond donors (Lipinski definition) is 1. The smallest absolute Gasteiger partial charge is 0.407 e. The molecule has 0 aromatic carbocycles. The molecule has 1 aromatic heterocycles. The zero-order chi connectivity index (χ0) is 21.2. The highest BCUT2D eigenvalue weighted by Gasteiger charge is 2.45. The molecule has 3 fully saturated rings. The first-order valence-electron chi connectivity index (χ1n) is 10.1. The second-order valence-corrected chi connectivity index (χ2v) is 9.20. The van der Waals surface area contributed by atoms with E-state index in [2.05, 4.69) is 21.8 Å². The molecule has 2 unspecified atom stereocenters. The molecule has 0 spiro atoms. The Bertz CT molecular complexity index is 915. The maximum absolute atomic E-state index is 13.6. The Morgan fingerprint density at radius 3 is 2.73 bits per heavy atom. The molecule has 4 aliphatic heterocycles. The minimum atomic E-state index is -0.999. The number of nitrogens with zero attached hydrogens (tertiary/aromatic N) is 5. The summed E-state index contributed by atoms with van der Waals surface area (Å²) >= 11 is 12.8. The number of fused-ring (bicyclic) bond motifs is 3. The molecule has 1 N–H and O–H groups in total. The molecule has 5 rings (SSSR count). The van der Waals surface area contributed by atoms with Crippen LogP contribution in [0.1, 0.15) is 16.8 Å².